The summed E-state index contributed by atoms with van der Waals surface area (Å²) in [5.74, 6) is 0. The predicted molar refractivity (Wildman–Crippen MR) is 88.6 cm³/mol. The van der Waals surface area contributed by atoms with Crippen LogP contribution in [0.4, 0.5) is 5.69 Å². The van der Waals surface area contributed by atoms with Gasteiger partial charge in [0.25, 0.3) is 0 Å². The number of rotatable bonds is 5. The van der Waals surface area contributed by atoms with E-state index in [-0.39, 0.29) is 5.41 Å². The molecule has 0 aliphatic heterocycles. The number of anilines is 1. The second kappa shape index (κ2) is 6.40. The average Bonchev–Trinajstić information content (AvgIpc) is 2.87. The zero-order chi connectivity index (χ0) is 14.6. The summed E-state index contributed by atoms with van der Waals surface area (Å²) in [6.45, 7) is 9.70. The molecule has 0 spiro atoms. The topological polar surface area (TPSA) is 24.9 Å². The first-order valence-corrected chi connectivity index (χ1v) is 8.09. The second-order valence-corrected chi connectivity index (χ2v) is 7.26. The van der Waals surface area contributed by atoms with Crippen molar-refractivity contribution in [3.63, 3.8) is 0 Å². The molecule has 1 N–H and O–H groups in total. The first-order chi connectivity index (χ1) is 9.50. The number of aromatic nitrogens is 1. The molecule has 0 aliphatic rings. The Kier molecular flexibility index (Phi) is 4.81. The fraction of sp³-hybridized carbons (Fsp3) is 0.471. The van der Waals surface area contributed by atoms with Crippen molar-refractivity contribution in [2.24, 2.45) is 0 Å². The van der Waals surface area contributed by atoms with Crippen molar-refractivity contribution in [2.45, 2.75) is 52.5 Å². The summed E-state index contributed by atoms with van der Waals surface area (Å²) in [6, 6.07) is 8.57. The Balaban J connectivity index is 2.04. The van der Waals surface area contributed by atoms with Crippen LogP contribution < -0.4 is 5.32 Å². The van der Waals surface area contributed by atoms with Gasteiger partial charge >= 0.3 is 0 Å². The molecular weight excluding hydrogens is 264 g/mol. The number of thiazole rings is 1. The van der Waals surface area contributed by atoms with Crippen LogP contribution >= 0.6 is 11.3 Å². The number of nitrogens with one attached hydrogen (secondary N) is 1. The normalized spacial score (nSPS) is 11.6. The minimum absolute atomic E-state index is 0.142. The van der Waals surface area contributed by atoms with Gasteiger partial charge < -0.3 is 5.32 Å². The zero-order valence-corrected chi connectivity index (χ0v) is 13.7. The Bertz CT molecular complexity index is 552. The molecule has 0 atom stereocenters. The van der Waals surface area contributed by atoms with E-state index < -0.39 is 0 Å². The molecule has 3 heteroatoms. The maximum Gasteiger partial charge on any atom is 0.0981 e. The fourth-order valence-corrected chi connectivity index (χ4v) is 3.01. The van der Waals surface area contributed by atoms with Crippen molar-refractivity contribution in [3.05, 3.63) is 45.9 Å². The van der Waals surface area contributed by atoms with Crippen LogP contribution in [0.15, 0.2) is 30.5 Å². The third kappa shape index (κ3) is 3.83. The smallest absolute Gasteiger partial charge is 0.0981 e. The Morgan fingerprint density at radius 1 is 1.20 bits per heavy atom. The lowest BCUT2D eigenvalue weighted by Gasteiger charge is -2.13. The number of hydrogen-bond acceptors (Lipinski definition) is 3. The van der Waals surface area contributed by atoms with Gasteiger partial charge in [-0.05, 0) is 18.1 Å². The molecule has 0 bridgehead atoms. The maximum atomic E-state index is 4.54. The van der Waals surface area contributed by atoms with Crippen molar-refractivity contribution in [3.8, 4) is 0 Å². The number of aryl methyl sites for hydroxylation is 1. The van der Waals surface area contributed by atoms with E-state index in [0.29, 0.717) is 0 Å². The molecule has 0 unspecified atom stereocenters. The number of para-hydroxylation sites is 1. The molecular formula is C17H24N2S. The zero-order valence-electron chi connectivity index (χ0n) is 12.9. The molecule has 1 heterocycles. The van der Waals surface area contributed by atoms with Gasteiger partial charge in [0.05, 0.1) is 11.6 Å². The van der Waals surface area contributed by atoms with Crippen LogP contribution in [0, 0.1) is 0 Å². The minimum Gasteiger partial charge on any atom is -0.380 e. The molecule has 0 fully saturated rings. The highest BCUT2D eigenvalue weighted by atomic mass is 32.1. The van der Waals surface area contributed by atoms with Gasteiger partial charge in [-0.1, -0.05) is 52.3 Å². The van der Waals surface area contributed by atoms with Crippen LogP contribution in [0.2, 0.25) is 0 Å². The molecule has 108 valence electrons. The molecule has 2 aromatic rings. The van der Waals surface area contributed by atoms with E-state index in [9.17, 15) is 0 Å². The van der Waals surface area contributed by atoms with Crippen LogP contribution in [-0.2, 0) is 18.4 Å². The molecule has 20 heavy (non-hydrogen) atoms. The highest BCUT2D eigenvalue weighted by Crippen LogP contribution is 2.27. The Labute approximate surface area is 126 Å². The summed E-state index contributed by atoms with van der Waals surface area (Å²) in [4.78, 5) is 5.83. The summed E-state index contributed by atoms with van der Waals surface area (Å²) in [6.07, 6.45) is 4.30. The maximum absolute atomic E-state index is 4.54. The Morgan fingerprint density at radius 2 is 1.95 bits per heavy atom. The van der Waals surface area contributed by atoms with E-state index in [1.54, 1.807) is 11.3 Å². The monoisotopic (exact) mass is 288 g/mol. The lowest BCUT2D eigenvalue weighted by molar-refractivity contribution is 0.585. The van der Waals surface area contributed by atoms with Crippen LogP contribution in [0.25, 0.3) is 0 Å². The molecule has 0 saturated carbocycles. The summed E-state index contributed by atoms with van der Waals surface area (Å²) in [7, 11) is 0. The van der Waals surface area contributed by atoms with E-state index in [2.05, 4.69) is 62.3 Å². The third-order valence-electron chi connectivity index (χ3n) is 3.18. The lowest BCUT2D eigenvalue weighted by Crippen LogP contribution is -2.09. The molecule has 2 nitrogen and oxygen atoms in total. The second-order valence-electron chi connectivity index (χ2n) is 6.14. The van der Waals surface area contributed by atoms with Gasteiger partial charge in [0.15, 0.2) is 0 Å². The number of benzene rings is 1. The average molecular weight is 288 g/mol. The summed E-state index contributed by atoms with van der Waals surface area (Å²) in [5.41, 5.74) is 2.79. The Hall–Kier alpha value is -1.35. The van der Waals surface area contributed by atoms with Crippen molar-refractivity contribution >= 4 is 17.0 Å². The number of hydrogen-bond donors (Lipinski definition) is 1. The Morgan fingerprint density at radius 3 is 2.60 bits per heavy atom. The SMILES string of the molecule is CCCc1ccccc1NCc1cnc(C(C)(C)C)s1. The quantitative estimate of drug-likeness (QED) is 0.837. The lowest BCUT2D eigenvalue weighted by atomic mass is 9.98. The van der Waals surface area contributed by atoms with Gasteiger partial charge in [0, 0.05) is 22.2 Å². The van der Waals surface area contributed by atoms with Crippen molar-refractivity contribution in [2.75, 3.05) is 5.32 Å². The van der Waals surface area contributed by atoms with Gasteiger partial charge in [0.2, 0.25) is 0 Å². The standard InChI is InChI=1S/C17H24N2S/c1-5-8-13-9-6-7-10-15(13)18-11-14-12-19-16(20-14)17(2,3)4/h6-7,9-10,12,18H,5,8,11H2,1-4H3. The van der Waals surface area contributed by atoms with Crippen molar-refractivity contribution in [1.29, 1.82) is 0 Å². The minimum atomic E-state index is 0.142. The molecule has 0 saturated heterocycles. The van der Waals surface area contributed by atoms with E-state index in [1.807, 2.05) is 6.20 Å². The molecule has 0 amide bonds. The molecule has 0 radical (unpaired) electrons. The molecule has 1 aromatic carbocycles. The van der Waals surface area contributed by atoms with Gasteiger partial charge in [-0.15, -0.1) is 11.3 Å². The molecule has 2 rings (SSSR count). The highest BCUT2D eigenvalue weighted by molar-refractivity contribution is 7.11. The van der Waals surface area contributed by atoms with Gasteiger partial charge in [-0.25, -0.2) is 4.98 Å². The molecule has 0 aliphatic carbocycles. The van der Waals surface area contributed by atoms with E-state index >= 15 is 0 Å². The first-order valence-electron chi connectivity index (χ1n) is 7.27. The predicted octanol–water partition coefficient (Wildman–Crippen LogP) is 5.01. The first kappa shape index (κ1) is 15.0. The highest BCUT2D eigenvalue weighted by Gasteiger charge is 2.17. The van der Waals surface area contributed by atoms with Gasteiger partial charge in [-0.3, -0.25) is 0 Å². The van der Waals surface area contributed by atoms with E-state index in [1.165, 1.54) is 27.6 Å². The van der Waals surface area contributed by atoms with Crippen molar-refractivity contribution < 1.29 is 0 Å². The van der Waals surface area contributed by atoms with Crippen LogP contribution in [0.3, 0.4) is 0 Å². The fourth-order valence-electron chi connectivity index (χ4n) is 2.10. The largest absolute Gasteiger partial charge is 0.380 e. The van der Waals surface area contributed by atoms with Crippen LogP contribution in [-0.4, -0.2) is 4.98 Å². The van der Waals surface area contributed by atoms with Gasteiger partial charge in [0.1, 0.15) is 0 Å². The van der Waals surface area contributed by atoms with E-state index in [0.717, 1.165) is 13.0 Å². The van der Waals surface area contributed by atoms with Gasteiger partial charge in [-0.2, -0.15) is 0 Å². The summed E-state index contributed by atoms with van der Waals surface area (Å²) < 4.78 is 0. The van der Waals surface area contributed by atoms with Crippen LogP contribution in [0.1, 0.15) is 49.6 Å². The third-order valence-corrected chi connectivity index (χ3v) is 4.61. The summed E-state index contributed by atoms with van der Waals surface area (Å²) in [5, 5.41) is 4.75. The summed E-state index contributed by atoms with van der Waals surface area (Å²) >= 11 is 1.80. The number of nitrogens with zero attached hydrogens (tertiary/aromatic N) is 1. The van der Waals surface area contributed by atoms with Crippen molar-refractivity contribution in [1.82, 2.24) is 4.98 Å². The molecule has 1 aromatic heterocycles. The van der Waals surface area contributed by atoms with E-state index in [4.69, 9.17) is 0 Å². The van der Waals surface area contributed by atoms with Crippen LogP contribution in [0.5, 0.6) is 0 Å².